The molecule has 4 aliphatic heterocycles. The first kappa shape index (κ1) is 60.5. The van der Waals surface area contributed by atoms with Gasteiger partial charge in [-0.05, 0) is 90.8 Å². The number of aliphatic carboxylic acids is 1. The monoisotopic (exact) mass is 1120 g/mol. The number of carboxylic acids is 1. The lowest BCUT2D eigenvalue weighted by Crippen LogP contribution is -2.72. The fraction of sp³-hybridized carbons (Fsp3) is 0.926. The molecule has 0 aromatic carbocycles. The zero-order valence-electron chi connectivity index (χ0n) is 45.8. The zero-order valence-corrected chi connectivity index (χ0v) is 45.8. The molecular formula is C54H87NO23. The number of carbonyl (C=O) groups is 2. The summed E-state index contributed by atoms with van der Waals surface area (Å²) in [7, 11) is 0. The quantitative estimate of drug-likeness (QED) is 0.0735. The van der Waals surface area contributed by atoms with Crippen molar-refractivity contribution in [2.45, 2.75) is 236 Å². The van der Waals surface area contributed by atoms with Gasteiger partial charge < -0.3 is 110 Å². The SMILES string of the molecule is CC(=O)N[C@H]1[C@H](O[C@H]2CC[C@]3(C)[C@H]4CC=C5[C@@H]6CC(C)(C)CC[C@]6(C(=O)O)[C@H](O)[C@H](O)[C@@]5(C)[C@]4(C)CC[C@H]3C2(C)C)O[C@H](CO[C@@H]2O[C@H](CO)[C@@H](O)[C@H](O[C@@H]3OC[C@@H](O)[C@H](O)[C@H]3O)[C@H]2O)[C@@H](O)[C@@H]1O[C@@H]1OC[C@@H](O)[C@H](O)[C@H]1O. The molecule has 0 aromatic rings. The van der Waals surface area contributed by atoms with Crippen molar-refractivity contribution in [3.8, 4) is 0 Å². The van der Waals surface area contributed by atoms with Gasteiger partial charge in [-0.3, -0.25) is 9.59 Å². The van der Waals surface area contributed by atoms with Gasteiger partial charge in [-0.15, -0.1) is 0 Å². The average Bonchev–Trinajstić information content (AvgIpc) is 2.31. The number of carbonyl (C=O) groups excluding carboxylic acids is 1. The maximum absolute atomic E-state index is 13.3. The van der Waals surface area contributed by atoms with Crippen LogP contribution in [0, 0.1) is 50.2 Å². The third-order valence-electron chi connectivity index (χ3n) is 21.2. The van der Waals surface area contributed by atoms with Crippen LogP contribution in [0.3, 0.4) is 0 Å². The lowest BCUT2D eigenvalue weighted by Gasteiger charge is -2.72. The molecule has 14 N–H and O–H groups in total. The summed E-state index contributed by atoms with van der Waals surface area (Å²) in [6, 6.07) is -1.34. The van der Waals surface area contributed by atoms with E-state index in [0.29, 0.717) is 44.9 Å². The zero-order chi connectivity index (χ0) is 57.1. The molecule has 0 spiro atoms. The molecular weight excluding hydrogens is 1030 g/mol. The molecule has 4 saturated heterocycles. The molecule has 28 atom stereocenters. The minimum absolute atomic E-state index is 0.0227. The molecule has 0 radical (unpaired) electrons. The van der Waals surface area contributed by atoms with Crippen LogP contribution in [0.2, 0.25) is 0 Å². The Morgan fingerprint density at radius 1 is 0.654 bits per heavy atom. The van der Waals surface area contributed by atoms with Gasteiger partial charge in [0.2, 0.25) is 5.91 Å². The van der Waals surface area contributed by atoms with E-state index in [2.05, 4.69) is 52.9 Å². The van der Waals surface area contributed by atoms with Gasteiger partial charge in [0, 0.05) is 12.3 Å². The first-order chi connectivity index (χ1) is 36.4. The van der Waals surface area contributed by atoms with Crippen LogP contribution in [-0.4, -0.2) is 234 Å². The summed E-state index contributed by atoms with van der Waals surface area (Å²) >= 11 is 0. The summed E-state index contributed by atoms with van der Waals surface area (Å²) in [4.78, 5) is 26.4. The Hall–Kier alpha value is -2.12. The van der Waals surface area contributed by atoms with Crippen molar-refractivity contribution in [1.29, 1.82) is 0 Å². The topological polar surface area (TPSA) is 383 Å². The summed E-state index contributed by atoms with van der Waals surface area (Å²) in [6.45, 7) is 13.8. The predicted molar refractivity (Wildman–Crippen MR) is 266 cm³/mol. The highest BCUT2D eigenvalue weighted by molar-refractivity contribution is 5.78. The maximum atomic E-state index is 13.3. The highest BCUT2D eigenvalue weighted by atomic mass is 16.8. The lowest BCUT2D eigenvalue weighted by atomic mass is 9.32. The van der Waals surface area contributed by atoms with E-state index in [9.17, 15) is 76.0 Å². The number of carboxylic acid groups (broad SMARTS) is 1. The van der Waals surface area contributed by atoms with E-state index in [4.69, 9.17) is 37.9 Å². The number of rotatable bonds is 12. The Labute approximate surface area is 453 Å². The van der Waals surface area contributed by atoms with Crippen molar-refractivity contribution in [1.82, 2.24) is 5.32 Å². The first-order valence-electron chi connectivity index (χ1n) is 27.8. The van der Waals surface area contributed by atoms with E-state index in [1.165, 1.54) is 6.92 Å². The number of fused-ring (bicyclic) bond motifs is 7. The van der Waals surface area contributed by atoms with Crippen LogP contribution in [0.25, 0.3) is 0 Å². The number of hydrogen-bond acceptors (Lipinski definition) is 22. The lowest BCUT2D eigenvalue weighted by molar-refractivity contribution is -0.363. The van der Waals surface area contributed by atoms with Crippen LogP contribution in [0.15, 0.2) is 11.6 Å². The van der Waals surface area contributed by atoms with Crippen LogP contribution < -0.4 is 5.32 Å². The van der Waals surface area contributed by atoms with Gasteiger partial charge in [0.1, 0.15) is 90.8 Å². The first-order valence-corrected chi connectivity index (χ1v) is 27.8. The maximum Gasteiger partial charge on any atom is 0.313 e. The minimum atomic E-state index is -1.89. The van der Waals surface area contributed by atoms with Gasteiger partial charge in [0.15, 0.2) is 25.2 Å². The third kappa shape index (κ3) is 9.72. The molecule has 0 bridgehead atoms. The molecule has 9 rings (SSSR count). The number of hydrogen-bond donors (Lipinski definition) is 14. The molecule has 24 heteroatoms. The van der Waals surface area contributed by atoms with Gasteiger partial charge in [-0.25, -0.2) is 0 Å². The van der Waals surface area contributed by atoms with Crippen LogP contribution in [0.1, 0.15) is 107 Å². The largest absolute Gasteiger partial charge is 0.481 e. The van der Waals surface area contributed by atoms with E-state index in [1.807, 2.05) is 6.92 Å². The smallest absolute Gasteiger partial charge is 0.313 e. The third-order valence-corrected chi connectivity index (χ3v) is 21.2. The van der Waals surface area contributed by atoms with Crippen molar-refractivity contribution in [3.05, 3.63) is 11.6 Å². The van der Waals surface area contributed by atoms with Crippen LogP contribution >= 0.6 is 0 Å². The van der Waals surface area contributed by atoms with Crippen LogP contribution in [-0.2, 0) is 47.5 Å². The summed E-state index contributed by atoms with van der Waals surface area (Å²) in [5.41, 5.74) is -3.32. The van der Waals surface area contributed by atoms with Crippen molar-refractivity contribution in [2.75, 3.05) is 26.4 Å². The Balaban J connectivity index is 0.991. The molecule has 5 aliphatic carbocycles. The number of allylic oxidation sites excluding steroid dienone is 1. The van der Waals surface area contributed by atoms with Crippen LogP contribution in [0.5, 0.6) is 0 Å². The van der Waals surface area contributed by atoms with Crippen LogP contribution in [0.4, 0.5) is 0 Å². The number of amides is 1. The fourth-order valence-electron chi connectivity index (χ4n) is 16.5. The van der Waals surface area contributed by atoms with Gasteiger partial charge in [-0.1, -0.05) is 60.1 Å². The highest BCUT2D eigenvalue weighted by Crippen LogP contribution is 2.76. The van der Waals surface area contributed by atoms with Crippen molar-refractivity contribution in [3.63, 3.8) is 0 Å². The molecule has 4 heterocycles. The molecule has 446 valence electrons. The van der Waals surface area contributed by atoms with E-state index in [-0.39, 0.29) is 29.1 Å². The Morgan fingerprint density at radius 2 is 1.24 bits per heavy atom. The number of aliphatic hydroxyl groups excluding tert-OH is 12. The van der Waals surface area contributed by atoms with Crippen molar-refractivity contribution in [2.24, 2.45) is 50.2 Å². The number of aliphatic hydroxyl groups is 12. The van der Waals surface area contributed by atoms with E-state index in [1.54, 1.807) is 0 Å². The molecule has 4 saturated carbocycles. The normalized spacial score (nSPS) is 52.8. The van der Waals surface area contributed by atoms with E-state index >= 15 is 0 Å². The second kappa shape index (κ2) is 21.8. The molecule has 24 nitrogen and oxygen atoms in total. The summed E-state index contributed by atoms with van der Waals surface area (Å²) in [5.74, 6) is -2.19. The van der Waals surface area contributed by atoms with Gasteiger partial charge in [0.25, 0.3) is 0 Å². The molecule has 8 fully saturated rings. The number of nitrogens with one attached hydrogen (secondary N) is 1. The summed E-state index contributed by atoms with van der Waals surface area (Å²) < 4.78 is 48.3. The molecule has 9 aliphatic rings. The Bertz CT molecular complexity index is 2200. The minimum Gasteiger partial charge on any atom is -0.481 e. The van der Waals surface area contributed by atoms with Gasteiger partial charge in [-0.2, -0.15) is 0 Å². The molecule has 0 aromatic heterocycles. The predicted octanol–water partition coefficient (Wildman–Crippen LogP) is -2.11. The number of ether oxygens (including phenoxy) is 8. The summed E-state index contributed by atoms with van der Waals surface area (Å²) in [5, 5.41) is 146. The molecule has 78 heavy (non-hydrogen) atoms. The second-order valence-corrected chi connectivity index (χ2v) is 26.3. The highest BCUT2D eigenvalue weighted by Gasteiger charge is 2.74. The van der Waals surface area contributed by atoms with Gasteiger partial charge >= 0.3 is 5.97 Å². The van der Waals surface area contributed by atoms with Gasteiger partial charge in [0.05, 0.1) is 44.7 Å². The van der Waals surface area contributed by atoms with E-state index in [0.717, 1.165) is 5.57 Å². The average molecular weight is 1120 g/mol. The van der Waals surface area contributed by atoms with Crippen molar-refractivity contribution < 1.29 is 114 Å². The molecule has 0 unspecified atom stereocenters. The fourth-order valence-corrected chi connectivity index (χ4v) is 16.5. The standard InChI is InChI=1S/C54H87NO23/c1-22(57)55-32-40(77-45-37(64)33(60)25(58)19-71-45)36(63)28(21-73-47-39(66)41(35(62)27(18-56)74-47)78-46-38(65)34(61)26(59)20-72-46)75-44(32)76-31-12-13-51(6)29(50(31,4)5)11-14-52(7)30(51)10-9-23-24-17-49(2,3)15-16-54(24,48(69)70)43(68)42(67)53(23,52)8/h9,24-47,56,58-68H,10-21H2,1-8H3,(H,55,57)(H,69,70)/t24-,25+,26+,27+,28+,29-,30+,31-,32+,33-,34-,35+,36+,37+,38+,39+,40+,41-,42-,43+,44-,45-,46-,47+,51-,52+,53-,54+/m0/s1. The molecule has 1 amide bonds. The van der Waals surface area contributed by atoms with Crippen molar-refractivity contribution >= 4 is 11.9 Å². The summed E-state index contributed by atoms with van der Waals surface area (Å²) in [6.07, 6.45) is -24.9. The van der Waals surface area contributed by atoms with E-state index < -0.39 is 195 Å². The Morgan fingerprint density at radius 3 is 1.83 bits per heavy atom. The Kier molecular flexibility index (Phi) is 16.9. The second-order valence-electron chi connectivity index (χ2n) is 26.3.